The number of carbonyl (C=O) groups is 1. The normalized spacial score (nSPS) is 19.7. The summed E-state index contributed by atoms with van der Waals surface area (Å²) >= 11 is 0. The van der Waals surface area contributed by atoms with E-state index in [0.717, 1.165) is 12.8 Å². The zero-order valence-electron chi connectivity index (χ0n) is 11.5. The highest BCUT2D eigenvalue weighted by molar-refractivity contribution is 5.94. The minimum absolute atomic E-state index is 0.0801. The number of amides is 1. The summed E-state index contributed by atoms with van der Waals surface area (Å²) in [6, 6.07) is 1.99. The Morgan fingerprint density at radius 3 is 2.71 bits per heavy atom. The summed E-state index contributed by atoms with van der Waals surface area (Å²) in [6.07, 6.45) is -2.98. The average molecular weight is 304 g/mol. The molecular weight excluding hydrogens is 288 g/mol. The van der Waals surface area contributed by atoms with Crippen molar-refractivity contribution in [2.75, 3.05) is 20.1 Å². The second-order valence-corrected chi connectivity index (χ2v) is 5.07. The number of nitrogens with zero attached hydrogens (tertiary/aromatic N) is 1. The number of nitrogens with one attached hydrogen (secondary N) is 1. The van der Waals surface area contributed by atoms with Crippen LogP contribution in [0.5, 0.6) is 0 Å². The molecule has 1 saturated heterocycles. The van der Waals surface area contributed by atoms with Crippen molar-refractivity contribution < 1.29 is 22.4 Å². The second kappa shape index (κ2) is 6.01. The summed E-state index contributed by atoms with van der Waals surface area (Å²) in [6.45, 7) is 0.789. The molecule has 1 N–H and O–H groups in total. The van der Waals surface area contributed by atoms with E-state index in [9.17, 15) is 22.4 Å². The molecular formula is C14H16F4N2O. The molecule has 0 radical (unpaired) electrons. The van der Waals surface area contributed by atoms with Gasteiger partial charge in [-0.05, 0) is 38.1 Å². The van der Waals surface area contributed by atoms with Gasteiger partial charge in [0, 0.05) is 19.1 Å². The summed E-state index contributed by atoms with van der Waals surface area (Å²) in [7, 11) is 1.75. The van der Waals surface area contributed by atoms with Gasteiger partial charge in [0.1, 0.15) is 5.82 Å². The minimum atomic E-state index is -4.60. The molecule has 0 aliphatic carbocycles. The van der Waals surface area contributed by atoms with Gasteiger partial charge in [0.25, 0.3) is 5.91 Å². The fraction of sp³-hybridized carbons (Fsp3) is 0.500. The Kier molecular flexibility index (Phi) is 4.51. The van der Waals surface area contributed by atoms with Crippen LogP contribution >= 0.6 is 0 Å². The van der Waals surface area contributed by atoms with Crippen LogP contribution in [0.1, 0.15) is 28.8 Å². The Hall–Kier alpha value is -1.63. The number of carbonyl (C=O) groups excluding carboxylic acids is 1. The fourth-order valence-electron chi connectivity index (χ4n) is 2.43. The number of likely N-dealkylation sites (tertiary alicyclic amines) is 1. The molecule has 1 aliphatic heterocycles. The van der Waals surface area contributed by atoms with Crippen LogP contribution in [0.4, 0.5) is 17.6 Å². The summed E-state index contributed by atoms with van der Waals surface area (Å²) in [5.41, 5.74) is -1.55. The van der Waals surface area contributed by atoms with Crippen molar-refractivity contribution in [3.8, 4) is 0 Å². The molecule has 1 fully saturated rings. The zero-order chi connectivity index (χ0) is 15.6. The lowest BCUT2D eigenvalue weighted by molar-refractivity contribution is -0.137. The van der Waals surface area contributed by atoms with E-state index in [1.54, 1.807) is 7.05 Å². The van der Waals surface area contributed by atoms with Crippen molar-refractivity contribution in [3.05, 3.63) is 35.1 Å². The van der Waals surface area contributed by atoms with Gasteiger partial charge in [0.15, 0.2) is 0 Å². The first-order valence-electron chi connectivity index (χ1n) is 6.66. The molecule has 1 heterocycles. The number of piperidine rings is 1. The van der Waals surface area contributed by atoms with Crippen molar-refractivity contribution in [2.24, 2.45) is 0 Å². The third kappa shape index (κ3) is 3.53. The number of rotatable bonds is 2. The minimum Gasteiger partial charge on any atom is -0.337 e. The van der Waals surface area contributed by atoms with E-state index in [1.165, 1.54) is 4.90 Å². The van der Waals surface area contributed by atoms with Crippen LogP contribution in [0.15, 0.2) is 18.2 Å². The Morgan fingerprint density at radius 2 is 2.10 bits per heavy atom. The van der Waals surface area contributed by atoms with Gasteiger partial charge in [-0.2, -0.15) is 13.2 Å². The van der Waals surface area contributed by atoms with E-state index in [1.807, 2.05) is 0 Å². The molecule has 0 unspecified atom stereocenters. The standard InChI is InChI=1S/C14H16F4N2O/c1-19-10-3-2-6-20(8-10)13(21)11-7-9(14(16,17)18)4-5-12(11)15/h4-5,7,10,19H,2-3,6,8H2,1H3/t10-/m0/s1. The quantitative estimate of drug-likeness (QED) is 0.852. The number of alkyl halides is 3. The molecule has 7 heteroatoms. The lowest BCUT2D eigenvalue weighted by Gasteiger charge is -2.32. The van der Waals surface area contributed by atoms with Crippen molar-refractivity contribution in [2.45, 2.75) is 25.1 Å². The third-order valence-electron chi connectivity index (χ3n) is 3.64. The molecule has 1 atom stereocenters. The third-order valence-corrected chi connectivity index (χ3v) is 3.64. The largest absolute Gasteiger partial charge is 0.416 e. The zero-order valence-corrected chi connectivity index (χ0v) is 11.5. The lowest BCUT2D eigenvalue weighted by atomic mass is 10.0. The van der Waals surface area contributed by atoms with Crippen LogP contribution in [-0.4, -0.2) is 37.0 Å². The maximum Gasteiger partial charge on any atom is 0.416 e. The summed E-state index contributed by atoms with van der Waals surface area (Å²) in [5, 5.41) is 3.02. The SMILES string of the molecule is CN[C@H]1CCCN(C(=O)c2cc(C(F)(F)F)ccc2F)C1. The second-order valence-electron chi connectivity index (χ2n) is 5.07. The lowest BCUT2D eigenvalue weighted by Crippen LogP contribution is -2.47. The Labute approximate surface area is 119 Å². The number of halogens is 4. The van der Waals surface area contributed by atoms with Gasteiger partial charge in [-0.25, -0.2) is 4.39 Å². The van der Waals surface area contributed by atoms with Gasteiger partial charge in [-0.3, -0.25) is 4.79 Å². The summed E-state index contributed by atoms with van der Waals surface area (Å²) < 4.78 is 51.7. The highest BCUT2D eigenvalue weighted by atomic mass is 19.4. The molecule has 1 aliphatic rings. The number of likely N-dealkylation sites (N-methyl/N-ethyl adjacent to an activating group) is 1. The van der Waals surface area contributed by atoms with E-state index in [4.69, 9.17) is 0 Å². The van der Waals surface area contributed by atoms with E-state index in [-0.39, 0.29) is 6.04 Å². The van der Waals surface area contributed by atoms with E-state index >= 15 is 0 Å². The predicted molar refractivity (Wildman–Crippen MR) is 69.4 cm³/mol. The molecule has 2 rings (SSSR count). The molecule has 116 valence electrons. The van der Waals surface area contributed by atoms with E-state index < -0.39 is 29.0 Å². The van der Waals surface area contributed by atoms with Gasteiger partial charge in [-0.1, -0.05) is 0 Å². The fourth-order valence-corrected chi connectivity index (χ4v) is 2.43. The van der Waals surface area contributed by atoms with Crippen molar-refractivity contribution in [1.82, 2.24) is 10.2 Å². The Balaban J connectivity index is 2.26. The number of hydrogen-bond acceptors (Lipinski definition) is 2. The van der Waals surface area contributed by atoms with Gasteiger partial charge in [0.05, 0.1) is 11.1 Å². The first kappa shape index (κ1) is 15.8. The molecule has 0 saturated carbocycles. The maximum absolute atomic E-state index is 13.7. The molecule has 1 amide bonds. The first-order valence-corrected chi connectivity index (χ1v) is 6.66. The van der Waals surface area contributed by atoms with E-state index in [2.05, 4.69) is 5.32 Å². The van der Waals surface area contributed by atoms with Gasteiger partial charge >= 0.3 is 6.18 Å². The van der Waals surface area contributed by atoms with Crippen molar-refractivity contribution >= 4 is 5.91 Å². The molecule has 0 aromatic heterocycles. The summed E-state index contributed by atoms with van der Waals surface area (Å²) in [5.74, 6) is -1.63. The van der Waals surface area contributed by atoms with Crippen molar-refractivity contribution in [3.63, 3.8) is 0 Å². The van der Waals surface area contributed by atoms with Crippen LogP contribution in [-0.2, 0) is 6.18 Å². The van der Waals surface area contributed by atoms with Crippen LogP contribution < -0.4 is 5.32 Å². The maximum atomic E-state index is 13.7. The van der Waals surface area contributed by atoms with E-state index in [0.29, 0.717) is 31.3 Å². The summed E-state index contributed by atoms with van der Waals surface area (Å²) in [4.78, 5) is 13.6. The highest BCUT2D eigenvalue weighted by Crippen LogP contribution is 2.30. The smallest absolute Gasteiger partial charge is 0.337 e. The molecule has 1 aromatic rings. The van der Waals surface area contributed by atoms with Crippen LogP contribution in [0.3, 0.4) is 0 Å². The number of benzene rings is 1. The first-order chi connectivity index (χ1) is 9.82. The topological polar surface area (TPSA) is 32.3 Å². The average Bonchev–Trinajstić information content (AvgIpc) is 2.46. The molecule has 1 aromatic carbocycles. The van der Waals surface area contributed by atoms with Crippen LogP contribution in [0.25, 0.3) is 0 Å². The monoisotopic (exact) mass is 304 g/mol. The molecule has 3 nitrogen and oxygen atoms in total. The van der Waals surface area contributed by atoms with Gasteiger partial charge in [0.2, 0.25) is 0 Å². The molecule has 21 heavy (non-hydrogen) atoms. The van der Waals surface area contributed by atoms with Gasteiger partial charge in [-0.15, -0.1) is 0 Å². The Morgan fingerprint density at radius 1 is 1.38 bits per heavy atom. The van der Waals surface area contributed by atoms with Crippen LogP contribution in [0, 0.1) is 5.82 Å². The molecule has 0 bridgehead atoms. The Bertz CT molecular complexity index is 530. The van der Waals surface area contributed by atoms with Gasteiger partial charge < -0.3 is 10.2 Å². The van der Waals surface area contributed by atoms with Crippen molar-refractivity contribution in [1.29, 1.82) is 0 Å². The molecule has 0 spiro atoms. The van der Waals surface area contributed by atoms with Crippen LogP contribution in [0.2, 0.25) is 0 Å². The predicted octanol–water partition coefficient (Wildman–Crippen LogP) is 2.67. The number of hydrogen-bond donors (Lipinski definition) is 1. The highest BCUT2D eigenvalue weighted by Gasteiger charge is 2.33.